The predicted octanol–water partition coefficient (Wildman–Crippen LogP) is 1.62. The normalized spacial score (nSPS) is 11.9. The second kappa shape index (κ2) is 6.92. The van der Waals surface area contributed by atoms with Crippen molar-refractivity contribution in [2.75, 3.05) is 11.9 Å². The first kappa shape index (κ1) is 14.4. The SMILES string of the molecule is CCc1nnc(NCCC(C)N)c(C#N)c1CC. The van der Waals surface area contributed by atoms with E-state index in [0.29, 0.717) is 17.9 Å². The minimum Gasteiger partial charge on any atom is -0.367 e. The zero-order valence-electron chi connectivity index (χ0n) is 11.3. The molecular weight excluding hydrogens is 226 g/mol. The molecular formula is C13H21N5. The van der Waals surface area contributed by atoms with Gasteiger partial charge in [0.25, 0.3) is 0 Å². The van der Waals surface area contributed by atoms with Crippen LogP contribution in [0.2, 0.25) is 0 Å². The number of aromatic nitrogens is 2. The number of nitrogens with one attached hydrogen (secondary N) is 1. The Morgan fingerprint density at radius 3 is 2.56 bits per heavy atom. The molecule has 0 aromatic carbocycles. The first-order valence-corrected chi connectivity index (χ1v) is 6.41. The minimum atomic E-state index is 0.136. The van der Waals surface area contributed by atoms with Crippen LogP contribution in [0, 0.1) is 11.3 Å². The number of aryl methyl sites for hydroxylation is 1. The van der Waals surface area contributed by atoms with Crippen LogP contribution >= 0.6 is 0 Å². The Morgan fingerprint density at radius 1 is 1.33 bits per heavy atom. The molecule has 1 aromatic rings. The molecule has 0 radical (unpaired) electrons. The van der Waals surface area contributed by atoms with Crippen LogP contribution in [0.1, 0.15) is 44.0 Å². The van der Waals surface area contributed by atoms with Gasteiger partial charge >= 0.3 is 0 Å². The second-order valence-electron chi connectivity index (χ2n) is 4.36. The smallest absolute Gasteiger partial charge is 0.166 e. The lowest BCUT2D eigenvalue weighted by Crippen LogP contribution is -2.20. The van der Waals surface area contributed by atoms with Gasteiger partial charge < -0.3 is 11.1 Å². The highest BCUT2D eigenvalue weighted by Gasteiger charge is 2.13. The molecule has 1 heterocycles. The molecule has 0 spiro atoms. The average molecular weight is 247 g/mol. The van der Waals surface area contributed by atoms with E-state index < -0.39 is 0 Å². The molecule has 0 aliphatic rings. The van der Waals surface area contributed by atoms with Gasteiger partial charge in [0.05, 0.1) is 5.69 Å². The summed E-state index contributed by atoms with van der Waals surface area (Å²) in [4.78, 5) is 0. The van der Waals surface area contributed by atoms with Crippen LogP contribution < -0.4 is 11.1 Å². The van der Waals surface area contributed by atoms with Crippen molar-refractivity contribution in [3.63, 3.8) is 0 Å². The van der Waals surface area contributed by atoms with E-state index in [9.17, 15) is 5.26 Å². The summed E-state index contributed by atoms with van der Waals surface area (Å²) in [5.74, 6) is 0.576. The van der Waals surface area contributed by atoms with Crippen molar-refractivity contribution in [3.8, 4) is 6.07 Å². The first-order valence-electron chi connectivity index (χ1n) is 6.41. The third-order valence-corrected chi connectivity index (χ3v) is 2.85. The minimum absolute atomic E-state index is 0.136. The summed E-state index contributed by atoms with van der Waals surface area (Å²) in [5, 5.41) is 20.7. The standard InChI is InChI=1S/C13H21N5/c1-4-10-11(8-14)13(16-7-6-9(3)15)18-17-12(10)5-2/h9H,4-7,15H2,1-3H3,(H,16,18). The van der Waals surface area contributed by atoms with E-state index in [1.54, 1.807) is 0 Å². The third-order valence-electron chi connectivity index (χ3n) is 2.85. The topological polar surface area (TPSA) is 87.6 Å². The van der Waals surface area contributed by atoms with E-state index >= 15 is 0 Å². The third kappa shape index (κ3) is 3.41. The van der Waals surface area contributed by atoms with Gasteiger partial charge in [-0.25, -0.2) is 0 Å². The summed E-state index contributed by atoms with van der Waals surface area (Å²) in [7, 11) is 0. The monoisotopic (exact) mass is 247 g/mol. The van der Waals surface area contributed by atoms with Crippen molar-refractivity contribution in [3.05, 3.63) is 16.8 Å². The Bertz CT molecular complexity index is 434. The average Bonchev–Trinajstić information content (AvgIpc) is 2.37. The van der Waals surface area contributed by atoms with Gasteiger partial charge in [-0.2, -0.15) is 10.4 Å². The number of hydrogen-bond acceptors (Lipinski definition) is 5. The van der Waals surface area contributed by atoms with Gasteiger partial charge in [0.15, 0.2) is 5.82 Å². The van der Waals surface area contributed by atoms with Crippen molar-refractivity contribution >= 4 is 5.82 Å². The number of nitrogens with zero attached hydrogens (tertiary/aromatic N) is 3. The van der Waals surface area contributed by atoms with E-state index in [1.165, 1.54) is 0 Å². The Balaban J connectivity index is 2.95. The zero-order valence-corrected chi connectivity index (χ0v) is 11.3. The molecule has 1 unspecified atom stereocenters. The van der Waals surface area contributed by atoms with Crippen molar-refractivity contribution in [2.24, 2.45) is 5.73 Å². The molecule has 0 bridgehead atoms. The van der Waals surface area contributed by atoms with E-state index in [4.69, 9.17) is 5.73 Å². The van der Waals surface area contributed by atoms with Crippen LogP contribution in [0.25, 0.3) is 0 Å². The summed E-state index contributed by atoms with van der Waals surface area (Å²) in [6.07, 6.45) is 2.43. The summed E-state index contributed by atoms with van der Waals surface area (Å²) in [6.45, 7) is 6.71. The highest BCUT2D eigenvalue weighted by molar-refractivity contribution is 5.56. The number of hydrogen-bond donors (Lipinski definition) is 2. The zero-order chi connectivity index (χ0) is 13.5. The van der Waals surface area contributed by atoms with Gasteiger partial charge in [0, 0.05) is 12.6 Å². The number of nitrogens with two attached hydrogens (primary N) is 1. The van der Waals surface area contributed by atoms with Crippen LogP contribution in [-0.4, -0.2) is 22.8 Å². The predicted molar refractivity (Wildman–Crippen MR) is 72.3 cm³/mol. The highest BCUT2D eigenvalue weighted by Crippen LogP contribution is 2.19. The van der Waals surface area contributed by atoms with Gasteiger partial charge in [0.1, 0.15) is 11.6 Å². The molecule has 0 amide bonds. The molecule has 5 heteroatoms. The van der Waals surface area contributed by atoms with Crippen LogP contribution in [0.5, 0.6) is 0 Å². The van der Waals surface area contributed by atoms with Crippen molar-refractivity contribution in [2.45, 2.75) is 46.1 Å². The molecule has 0 saturated carbocycles. The Morgan fingerprint density at radius 2 is 2.06 bits per heavy atom. The Labute approximate surface area is 108 Å². The largest absolute Gasteiger partial charge is 0.367 e. The highest BCUT2D eigenvalue weighted by atomic mass is 15.2. The summed E-state index contributed by atoms with van der Waals surface area (Å²) >= 11 is 0. The lowest BCUT2D eigenvalue weighted by atomic mass is 10.0. The Hall–Kier alpha value is -1.67. The van der Waals surface area contributed by atoms with Crippen molar-refractivity contribution in [1.82, 2.24) is 10.2 Å². The van der Waals surface area contributed by atoms with Crippen LogP contribution in [0.4, 0.5) is 5.82 Å². The fourth-order valence-corrected chi connectivity index (χ4v) is 1.84. The first-order chi connectivity index (χ1) is 8.63. The number of anilines is 1. The molecule has 18 heavy (non-hydrogen) atoms. The second-order valence-corrected chi connectivity index (χ2v) is 4.36. The molecule has 0 fully saturated rings. The van der Waals surface area contributed by atoms with Crippen LogP contribution in [0.3, 0.4) is 0 Å². The molecule has 98 valence electrons. The van der Waals surface area contributed by atoms with Crippen molar-refractivity contribution < 1.29 is 0 Å². The molecule has 5 nitrogen and oxygen atoms in total. The molecule has 1 atom stereocenters. The van der Waals surface area contributed by atoms with Crippen LogP contribution in [-0.2, 0) is 12.8 Å². The van der Waals surface area contributed by atoms with Gasteiger partial charge in [-0.1, -0.05) is 13.8 Å². The van der Waals surface area contributed by atoms with E-state index in [-0.39, 0.29) is 6.04 Å². The molecule has 1 aromatic heterocycles. The molecule has 3 N–H and O–H groups in total. The van der Waals surface area contributed by atoms with Gasteiger partial charge in [-0.3, -0.25) is 0 Å². The van der Waals surface area contributed by atoms with E-state index in [2.05, 4.69) is 21.6 Å². The van der Waals surface area contributed by atoms with Gasteiger partial charge in [-0.15, -0.1) is 5.10 Å². The summed E-state index contributed by atoms with van der Waals surface area (Å²) in [6, 6.07) is 2.37. The molecule has 0 aliphatic heterocycles. The fourth-order valence-electron chi connectivity index (χ4n) is 1.84. The lowest BCUT2D eigenvalue weighted by Gasteiger charge is -2.12. The van der Waals surface area contributed by atoms with Gasteiger partial charge in [-0.05, 0) is 31.7 Å². The quantitative estimate of drug-likeness (QED) is 0.797. The van der Waals surface area contributed by atoms with Crippen molar-refractivity contribution in [1.29, 1.82) is 5.26 Å². The maximum absolute atomic E-state index is 9.28. The van der Waals surface area contributed by atoms with Gasteiger partial charge in [0.2, 0.25) is 0 Å². The van der Waals surface area contributed by atoms with Crippen LogP contribution in [0.15, 0.2) is 0 Å². The lowest BCUT2D eigenvalue weighted by molar-refractivity contribution is 0.688. The van der Waals surface area contributed by atoms with E-state index in [1.807, 2.05) is 20.8 Å². The maximum Gasteiger partial charge on any atom is 0.166 e. The maximum atomic E-state index is 9.28. The Kier molecular flexibility index (Phi) is 5.53. The number of nitriles is 1. The van der Waals surface area contributed by atoms with E-state index in [0.717, 1.165) is 30.5 Å². The molecule has 0 aliphatic carbocycles. The molecule has 0 saturated heterocycles. The fraction of sp³-hybridized carbons (Fsp3) is 0.615. The summed E-state index contributed by atoms with van der Waals surface area (Å²) < 4.78 is 0. The number of rotatable bonds is 6. The molecule has 1 rings (SSSR count). The summed E-state index contributed by atoms with van der Waals surface area (Å²) in [5.41, 5.74) is 8.21.